The average Bonchev–Trinajstić information content (AvgIpc) is 2.71. The molecule has 0 spiro atoms. The highest BCUT2D eigenvalue weighted by molar-refractivity contribution is 6.42. The van der Waals surface area contributed by atoms with Crippen LogP contribution in [-0.4, -0.2) is 16.3 Å². The van der Waals surface area contributed by atoms with Crippen molar-refractivity contribution in [3.63, 3.8) is 0 Å². The third-order valence-corrected chi connectivity index (χ3v) is 4.12. The second kappa shape index (κ2) is 5.95. The zero-order valence-corrected chi connectivity index (χ0v) is 12.8. The van der Waals surface area contributed by atoms with Crippen LogP contribution in [-0.2, 0) is 7.05 Å². The number of hydrogen-bond acceptors (Lipinski definition) is 2. The number of aryl methyl sites for hydroxylation is 1. The number of halogens is 2. The molecule has 0 amide bonds. The van der Waals surface area contributed by atoms with Gasteiger partial charge in [-0.05, 0) is 25.1 Å². The molecule has 0 aliphatic carbocycles. The Morgan fingerprint density at radius 3 is 2.63 bits per heavy atom. The lowest BCUT2D eigenvalue weighted by Crippen LogP contribution is -2.23. The summed E-state index contributed by atoms with van der Waals surface area (Å²) in [5.74, 6) is 0. The van der Waals surface area contributed by atoms with E-state index in [1.54, 1.807) is 6.07 Å². The van der Waals surface area contributed by atoms with E-state index in [1.807, 2.05) is 37.0 Å². The molecule has 0 saturated carbocycles. The molecule has 0 aliphatic heterocycles. The Bertz CT molecular complexity index is 578. The second-order valence-electron chi connectivity index (χ2n) is 4.44. The zero-order chi connectivity index (χ0) is 14.0. The van der Waals surface area contributed by atoms with Crippen LogP contribution in [0.25, 0.3) is 0 Å². The topological polar surface area (TPSA) is 29.9 Å². The Labute approximate surface area is 123 Å². The summed E-state index contributed by atoms with van der Waals surface area (Å²) in [5.41, 5.74) is 3.21. The predicted molar refractivity (Wildman–Crippen MR) is 79.9 cm³/mol. The Morgan fingerprint density at radius 2 is 2.05 bits per heavy atom. The molecular weight excluding hydrogens is 281 g/mol. The molecule has 0 aliphatic rings. The fraction of sp³-hybridized carbons (Fsp3) is 0.357. The molecule has 1 atom stereocenters. The fourth-order valence-electron chi connectivity index (χ4n) is 2.13. The first kappa shape index (κ1) is 14.4. The van der Waals surface area contributed by atoms with Crippen molar-refractivity contribution >= 4 is 23.2 Å². The van der Waals surface area contributed by atoms with Crippen LogP contribution in [0.5, 0.6) is 0 Å². The monoisotopic (exact) mass is 297 g/mol. The van der Waals surface area contributed by atoms with E-state index in [0.717, 1.165) is 23.4 Å². The Kier molecular flexibility index (Phi) is 4.50. The van der Waals surface area contributed by atoms with E-state index in [-0.39, 0.29) is 6.04 Å². The molecule has 1 aromatic heterocycles. The SMILES string of the molecule is CCNC(c1cccc(Cl)c1Cl)c1cnn(C)c1C. The highest BCUT2D eigenvalue weighted by atomic mass is 35.5. The van der Waals surface area contributed by atoms with Crippen molar-refractivity contribution in [2.24, 2.45) is 7.05 Å². The van der Waals surface area contributed by atoms with Crippen molar-refractivity contribution in [1.29, 1.82) is 0 Å². The fourth-order valence-corrected chi connectivity index (χ4v) is 2.55. The summed E-state index contributed by atoms with van der Waals surface area (Å²) >= 11 is 12.4. The summed E-state index contributed by atoms with van der Waals surface area (Å²) in [7, 11) is 1.93. The summed E-state index contributed by atoms with van der Waals surface area (Å²) in [6, 6.07) is 5.71. The van der Waals surface area contributed by atoms with Gasteiger partial charge in [-0.1, -0.05) is 42.3 Å². The van der Waals surface area contributed by atoms with Crippen LogP contribution < -0.4 is 5.32 Å². The van der Waals surface area contributed by atoms with E-state index in [0.29, 0.717) is 10.0 Å². The minimum atomic E-state index is 0.00454. The minimum absolute atomic E-state index is 0.00454. The molecule has 1 heterocycles. The summed E-state index contributed by atoms with van der Waals surface area (Å²) < 4.78 is 1.86. The summed E-state index contributed by atoms with van der Waals surface area (Å²) in [5, 5.41) is 8.91. The van der Waals surface area contributed by atoms with Crippen molar-refractivity contribution in [2.45, 2.75) is 19.9 Å². The molecule has 102 valence electrons. The standard InChI is InChI=1S/C14H17Cl2N3/c1-4-17-14(11-8-18-19(3)9(11)2)10-6-5-7-12(15)13(10)16/h5-8,14,17H,4H2,1-3H3. The van der Waals surface area contributed by atoms with Crippen molar-refractivity contribution in [1.82, 2.24) is 15.1 Å². The van der Waals surface area contributed by atoms with E-state index in [2.05, 4.69) is 17.3 Å². The maximum Gasteiger partial charge on any atom is 0.0643 e. The van der Waals surface area contributed by atoms with E-state index < -0.39 is 0 Å². The van der Waals surface area contributed by atoms with Crippen LogP contribution in [0.15, 0.2) is 24.4 Å². The second-order valence-corrected chi connectivity index (χ2v) is 5.23. The van der Waals surface area contributed by atoms with Crippen LogP contribution in [0.4, 0.5) is 0 Å². The molecule has 0 bridgehead atoms. The van der Waals surface area contributed by atoms with E-state index in [1.165, 1.54) is 0 Å². The summed E-state index contributed by atoms with van der Waals surface area (Å²) in [6.07, 6.45) is 1.87. The van der Waals surface area contributed by atoms with Gasteiger partial charge in [0.25, 0.3) is 0 Å². The highest BCUT2D eigenvalue weighted by Crippen LogP contribution is 2.34. The maximum atomic E-state index is 6.33. The van der Waals surface area contributed by atoms with Gasteiger partial charge in [0.15, 0.2) is 0 Å². The number of nitrogens with one attached hydrogen (secondary N) is 1. The smallest absolute Gasteiger partial charge is 0.0643 e. The molecule has 2 aromatic rings. The molecule has 0 fully saturated rings. The van der Waals surface area contributed by atoms with Crippen LogP contribution >= 0.6 is 23.2 Å². The molecule has 1 N–H and O–H groups in total. The van der Waals surface area contributed by atoms with Crippen molar-refractivity contribution < 1.29 is 0 Å². The Hall–Kier alpha value is -1.03. The van der Waals surface area contributed by atoms with E-state index >= 15 is 0 Å². The summed E-state index contributed by atoms with van der Waals surface area (Å²) in [4.78, 5) is 0. The van der Waals surface area contributed by atoms with Crippen LogP contribution in [0.3, 0.4) is 0 Å². The van der Waals surface area contributed by atoms with Gasteiger partial charge in [-0.25, -0.2) is 0 Å². The van der Waals surface area contributed by atoms with Gasteiger partial charge in [0.2, 0.25) is 0 Å². The first-order valence-corrected chi connectivity index (χ1v) is 6.97. The number of aromatic nitrogens is 2. The lowest BCUT2D eigenvalue weighted by atomic mass is 9.99. The van der Waals surface area contributed by atoms with Crippen molar-refractivity contribution in [3.05, 3.63) is 51.3 Å². The van der Waals surface area contributed by atoms with Gasteiger partial charge in [0.1, 0.15) is 0 Å². The van der Waals surface area contributed by atoms with Crippen molar-refractivity contribution in [3.8, 4) is 0 Å². The number of benzene rings is 1. The molecule has 0 radical (unpaired) electrons. The predicted octanol–water partition coefficient (Wildman–Crippen LogP) is 3.73. The van der Waals surface area contributed by atoms with Crippen molar-refractivity contribution in [2.75, 3.05) is 6.54 Å². The lowest BCUT2D eigenvalue weighted by Gasteiger charge is -2.20. The van der Waals surface area contributed by atoms with Gasteiger partial charge >= 0.3 is 0 Å². The molecular formula is C14H17Cl2N3. The minimum Gasteiger partial charge on any atom is -0.306 e. The molecule has 2 rings (SSSR count). The normalized spacial score (nSPS) is 12.7. The first-order chi connectivity index (χ1) is 9.06. The van der Waals surface area contributed by atoms with Gasteiger partial charge in [-0.15, -0.1) is 0 Å². The number of nitrogens with zero attached hydrogens (tertiary/aromatic N) is 2. The third-order valence-electron chi connectivity index (χ3n) is 3.28. The summed E-state index contributed by atoms with van der Waals surface area (Å²) in [6.45, 7) is 4.95. The molecule has 1 unspecified atom stereocenters. The first-order valence-electron chi connectivity index (χ1n) is 6.22. The van der Waals surface area contributed by atoms with E-state index in [4.69, 9.17) is 23.2 Å². The molecule has 0 saturated heterocycles. The molecule has 5 heteroatoms. The van der Waals surface area contributed by atoms with Gasteiger partial charge in [0.05, 0.1) is 22.3 Å². The van der Waals surface area contributed by atoms with Crippen LogP contribution in [0.2, 0.25) is 10.0 Å². The van der Waals surface area contributed by atoms with Gasteiger partial charge in [-0.2, -0.15) is 5.10 Å². The molecule has 19 heavy (non-hydrogen) atoms. The average molecular weight is 298 g/mol. The van der Waals surface area contributed by atoms with Gasteiger partial charge < -0.3 is 5.32 Å². The maximum absolute atomic E-state index is 6.33. The van der Waals surface area contributed by atoms with Crippen LogP contribution in [0, 0.1) is 6.92 Å². The zero-order valence-electron chi connectivity index (χ0n) is 11.2. The van der Waals surface area contributed by atoms with Gasteiger partial charge in [0, 0.05) is 18.3 Å². The Balaban J connectivity index is 2.51. The quantitative estimate of drug-likeness (QED) is 0.932. The van der Waals surface area contributed by atoms with E-state index in [9.17, 15) is 0 Å². The molecule has 1 aromatic carbocycles. The Morgan fingerprint density at radius 1 is 1.32 bits per heavy atom. The van der Waals surface area contributed by atoms with Gasteiger partial charge in [-0.3, -0.25) is 4.68 Å². The molecule has 3 nitrogen and oxygen atoms in total. The lowest BCUT2D eigenvalue weighted by molar-refractivity contribution is 0.625. The van der Waals surface area contributed by atoms with Crippen LogP contribution in [0.1, 0.15) is 29.8 Å². The number of rotatable bonds is 4. The largest absolute Gasteiger partial charge is 0.306 e. The highest BCUT2D eigenvalue weighted by Gasteiger charge is 2.21. The third kappa shape index (κ3) is 2.78. The number of hydrogen-bond donors (Lipinski definition) is 1.